The maximum absolute atomic E-state index is 12.4. The van der Waals surface area contributed by atoms with Crippen molar-refractivity contribution in [2.75, 3.05) is 41.7 Å². The van der Waals surface area contributed by atoms with Crippen molar-refractivity contribution in [2.24, 2.45) is 5.92 Å². The number of carbonyl (C=O) groups excluding carboxylic acids is 1. The zero-order valence-corrected chi connectivity index (χ0v) is 19.2. The van der Waals surface area contributed by atoms with Gasteiger partial charge in [0.2, 0.25) is 11.9 Å². The molecule has 1 fully saturated rings. The topological polar surface area (TPSA) is 95.3 Å². The first-order valence-electron chi connectivity index (χ1n) is 11.5. The Morgan fingerprint density at radius 2 is 2.03 bits per heavy atom. The van der Waals surface area contributed by atoms with E-state index < -0.39 is 11.8 Å². The fraction of sp³-hybridized carbons (Fsp3) is 0.458. The molecule has 0 radical (unpaired) electrons. The summed E-state index contributed by atoms with van der Waals surface area (Å²) >= 11 is 0. The lowest BCUT2D eigenvalue weighted by atomic mass is 9.86. The molecule has 5 rings (SSSR count). The number of hydrogen-bond donors (Lipinski definition) is 3. The molecule has 0 spiro atoms. The van der Waals surface area contributed by atoms with E-state index >= 15 is 0 Å². The molecule has 8 nitrogen and oxygen atoms in total. The summed E-state index contributed by atoms with van der Waals surface area (Å²) in [6.45, 7) is 5.65. The minimum absolute atomic E-state index is 0.0224. The van der Waals surface area contributed by atoms with Gasteiger partial charge in [-0.05, 0) is 56.8 Å². The predicted molar refractivity (Wildman–Crippen MR) is 127 cm³/mol. The molecule has 0 aliphatic carbocycles. The number of nitrogens with zero attached hydrogens (tertiary/aromatic N) is 3. The maximum Gasteiger partial charge on any atom is 0.250 e. The van der Waals surface area contributed by atoms with Crippen molar-refractivity contribution >= 4 is 40.1 Å². The molecule has 4 heterocycles. The molecule has 1 aromatic carbocycles. The summed E-state index contributed by atoms with van der Waals surface area (Å²) in [5.74, 6) is 1.48. The fourth-order valence-corrected chi connectivity index (χ4v) is 4.66. The molecule has 0 unspecified atom stereocenters. The number of aromatic nitrogens is 2. The van der Waals surface area contributed by atoms with Crippen LogP contribution in [0.4, 0.5) is 31.9 Å². The van der Waals surface area contributed by atoms with Gasteiger partial charge in [0.15, 0.2) is 11.4 Å². The Kier molecular flexibility index (Phi) is 5.85. The number of halogens is 2. The zero-order chi connectivity index (χ0) is 23.9. The van der Waals surface area contributed by atoms with Gasteiger partial charge in [0.05, 0.1) is 18.2 Å². The van der Waals surface area contributed by atoms with Crippen molar-refractivity contribution in [2.45, 2.75) is 38.5 Å². The number of amides is 1. The Morgan fingerprint density at radius 3 is 2.79 bits per heavy atom. The van der Waals surface area contributed by atoms with Crippen molar-refractivity contribution in [3.8, 4) is 0 Å². The Balaban J connectivity index is 1.33. The lowest BCUT2D eigenvalue weighted by molar-refractivity contribution is -0.119. The van der Waals surface area contributed by atoms with Crippen LogP contribution in [0.5, 0.6) is 0 Å². The van der Waals surface area contributed by atoms with Crippen LogP contribution in [0.25, 0.3) is 11.1 Å². The van der Waals surface area contributed by atoms with Crippen LogP contribution in [0.3, 0.4) is 0 Å². The molecule has 10 heteroatoms. The van der Waals surface area contributed by atoms with Crippen molar-refractivity contribution in [3.05, 3.63) is 36.1 Å². The first-order valence-corrected chi connectivity index (χ1v) is 11.5. The summed E-state index contributed by atoms with van der Waals surface area (Å²) in [5, 5.41) is 9.05. The molecular weight excluding hydrogens is 442 g/mol. The van der Waals surface area contributed by atoms with Crippen LogP contribution in [0.1, 0.15) is 32.3 Å². The third-order valence-electron chi connectivity index (χ3n) is 6.70. The number of anilines is 4. The number of piperidine rings is 1. The van der Waals surface area contributed by atoms with Crippen LogP contribution >= 0.6 is 0 Å². The summed E-state index contributed by atoms with van der Waals surface area (Å²) in [6, 6.07) is 7.56. The molecule has 2 aromatic heterocycles. The molecule has 3 aromatic rings. The number of fused-ring (bicyclic) bond motifs is 2. The Morgan fingerprint density at radius 1 is 1.24 bits per heavy atom. The highest BCUT2D eigenvalue weighted by Crippen LogP contribution is 2.39. The largest absolute Gasteiger partial charge is 0.459 e. The van der Waals surface area contributed by atoms with Crippen molar-refractivity contribution in [3.63, 3.8) is 0 Å². The van der Waals surface area contributed by atoms with Gasteiger partial charge in [0.25, 0.3) is 6.43 Å². The van der Waals surface area contributed by atoms with Gasteiger partial charge in [-0.2, -0.15) is 4.98 Å². The monoisotopic (exact) mass is 470 g/mol. The number of furan rings is 1. The third-order valence-corrected chi connectivity index (χ3v) is 6.70. The molecule has 1 saturated heterocycles. The average molecular weight is 471 g/mol. The first-order chi connectivity index (χ1) is 16.3. The molecular formula is C24H28F2N6O2. The van der Waals surface area contributed by atoms with Gasteiger partial charge in [0.1, 0.15) is 5.52 Å². The second kappa shape index (κ2) is 8.83. The van der Waals surface area contributed by atoms with E-state index in [1.54, 1.807) is 12.3 Å². The number of benzene rings is 1. The van der Waals surface area contributed by atoms with Gasteiger partial charge < -0.3 is 25.3 Å². The van der Waals surface area contributed by atoms with Crippen LogP contribution in [0.15, 0.2) is 34.9 Å². The molecule has 0 saturated carbocycles. The van der Waals surface area contributed by atoms with E-state index in [0.717, 1.165) is 42.9 Å². The lowest BCUT2D eigenvalue weighted by Crippen LogP contribution is -2.38. The van der Waals surface area contributed by atoms with Gasteiger partial charge in [-0.1, -0.05) is 6.07 Å². The molecule has 1 amide bonds. The third kappa shape index (κ3) is 4.29. The smallest absolute Gasteiger partial charge is 0.250 e. The van der Waals surface area contributed by atoms with E-state index in [4.69, 9.17) is 9.40 Å². The van der Waals surface area contributed by atoms with E-state index in [9.17, 15) is 13.6 Å². The number of hydrogen-bond acceptors (Lipinski definition) is 7. The number of carbonyl (C=O) groups is 1. The van der Waals surface area contributed by atoms with E-state index in [0.29, 0.717) is 35.3 Å². The molecule has 2 aliphatic rings. The van der Waals surface area contributed by atoms with Crippen LogP contribution in [-0.2, 0) is 10.2 Å². The van der Waals surface area contributed by atoms with Crippen LogP contribution in [0, 0.1) is 5.92 Å². The molecule has 0 atom stereocenters. The van der Waals surface area contributed by atoms with E-state index in [1.807, 2.05) is 32.0 Å². The Bertz CT molecular complexity index is 1200. The lowest BCUT2D eigenvalue weighted by Gasteiger charge is -2.33. The summed E-state index contributed by atoms with van der Waals surface area (Å²) in [4.78, 5) is 23.8. The number of alkyl halides is 2. The first kappa shape index (κ1) is 22.5. The number of rotatable bonds is 7. The van der Waals surface area contributed by atoms with E-state index in [-0.39, 0.29) is 12.5 Å². The van der Waals surface area contributed by atoms with Gasteiger partial charge in [-0.3, -0.25) is 4.79 Å². The summed E-state index contributed by atoms with van der Waals surface area (Å²) < 4.78 is 30.4. The maximum atomic E-state index is 12.4. The highest BCUT2D eigenvalue weighted by Gasteiger charge is 2.38. The Hall–Kier alpha value is -3.27. The van der Waals surface area contributed by atoms with Gasteiger partial charge >= 0.3 is 0 Å². The second-order valence-electron chi connectivity index (χ2n) is 9.45. The summed E-state index contributed by atoms with van der Waals surface area (Å²) in [5.41, 5.74) is 3.28. The van der Waals surface area contributed by atoms with Crippen molar-refractivity contribution < 1.29 is 18.0 Å². The second-order valence-corrected chi connectivity index (χ2v) is 9.45. The predicted octanol–water partition coefficient (Wildman–Crippen LogP) is 4.27. The van der Waals surface area contributed by atoms with Gasteiger partial charge in [-0.15, -0.1) is 0 Å². The van der Waals surface area contributed by atoms with Gasteiger partial charge in [0, 0.05) is 30.5 Å². The molecule has 180 valence electrons. The normalized spacial score (nSPS) is 17.9. The SMILES string of the molecule is CC1(C)C(=O)Nc2cc(Nc3nc(N4CCC(CNCC(F)F)CC4)c4occc4n3)ccc21. The quantitative estimate of drug-likeness (QED) is 0.475. The summed E-state index contributed by atoms with van der Waals surface area (Å²) in [6.07, 6.45) is 1.03. The van der Waals surface area contributed by atoms with E-state index in [2.05, 4.69) is 25.8 Å². The molecule has 0 bridgehead atoms. The van der Waals surface area contributed by atoms with Crippen LogP contribution in [-0.4, -0.2) is 48.5 Å². The van der Waals surface area contributed by atoms with Crippen molar-refractivity contribution in [1.82, 2.24) is 15.3 Å². The zero-order valence-electron chi connectivity index (χ0n) is 19.2. The number of nitrogens with one attached hydrogen (secondary N) is 3. The van der Waals surface area contributed by atoms with Crippen molar-refractivity contribution in [1.29, 1.82) is 0 Å². The minimum atomic E-state index is -2.33. The standard InChI is InChI=1S/C24H28F2N6O2/c1-24(2)16-4-3-15(11-18(16)29-22(24)33)28-23-30-17-7-10-34-20(17)21(31-23)32-8-5-14(6-9-32)12-27-13-19(25)26/h3-4,7,10-11,14,19,27H,5-6,8-9,12-13H2,1-2H3,(H,29,33)(H,28,30,31). The molecule has 2 aliphatic heterocycles. The Labute approximate surface area is 196 Å². The van der Waals surface area contributed by atoms with E-state index in [1.165, 1.54) is 0 Å². The highest BCUT2D eigenvalue weighted by molar-refractivity contribution is 6.06. The molecule has 34 heavy (non-hydrogen) atoms. The van der Waals surface area contributed by atoms with Crippen LogP contribution in [0.2, 0.25) is 0 Å². The molecule has 3 N–H and O–H groups in total. The average Bonchev–Trinajstić information content (AvgIpc) is 3.35. The van der Waals surface area contributed by atoms with Crippen LogP contribution < -0.4 is 20.9 Å². The fourth-order valence-electron chi connectivity index (χ4n) is 4.66. The van der Waals surface area contributed by atoms with Gasteiger partial charge in [-0.25, -0.2) is 13.8 Å². The highest BCUT2D eigenvalue weighted by atomic mass is 19.3. The minimum Gasteiger partial charge on any atom is -0.459 e. The summed E-state index contributed by atoms with van der Waals surface area (Å²) in [7, 11) is 0.